The highest BCUT2D eigenvalue weighted by Crippen LogP contribution is 2.38. The second-order valence-corrected chi connectivity index (χ2v) is 4.93. The first-order valence-corrected chi connectivity index (χ1v) is 6.39. The SMILES string of the molecule is Cc1cccc(N2C(=O)C(N)C2c2ccccc2)c1. The molecule has 19 heavy (non-hydrogen) atoms. The molecule has 2 N–H and O–H groups in total. The van der Waals surface area contributed by atoms with Gasteiger partial charge in [0.05, 0.1) is 6.04 Å². The third-order valence-electron chi connectivity index (χ3n) is 3.56. The fraction of sp³-hybridized carbons (Fsp3) is 0.188. The lowest BCUT2D eigenvalue weighted by Crippen LogP contribution is -2.63. The lowest BCUT2D eigenvalue weighted by Gasteiger charge is -2.45. The van der Waals surface area contributed by atoms with E-state index < -0.39 is 6.04 Å². The van der Waals surface area contributed by atoms with Crippen molar-refractivity contribution in [3.63, 3.8) is 0 Å². The molecular formula is C16H16N2O. The maximum Gasteiger partial charge on any atom is 0.247 e. The monoisotopic (exact) mass is 252 g/mol. The summed E-state index contributed by atoms with van der Waals surface area (Å²) < 4.78 is 0. The Hall–Kier alpha value is -2.13. The summed E-state index contributed by atoms with van der Waals surface area (Å²) in [6, 6.07) is 17.4. The second kappa shape index (κ2) is 4.52. The highest BCUT2D eigenvalue weighted by Gasteiger charge is 2.46. The van der Waals surface area contributed by atoms with Gasteiger partial charge in [-0.1, -0.05) is 42.5 Å². The highest BCUT2D eigenvalue weighted by molar-refractivity contribution is 6.05. The molecule has 2 aromatic rings. The number of hydrogen-bond donors (Lipinski definition) is 1. The molecule has 0 aromatic heterocycles. The van der Waals surface area contributed by atoms with E-state index in [9.17, 15) is 4.79 Å². The Morgan fingerprint density at radius 2 is 1.79 bits per heavy atom. The van der Waals surface area contributed by atoms with Gasteiger partial charge < -0.3 is 10.6 Å². The lowest BCUT2D eigenvalue weighted by atomic mass is 9.88. The van der Waals surface area contributed by atoms with Gasteiger partial charge in [-0.05, 0) is 30.2 Å². The van der Waals surface area contributed by atoms with E-state index in [4.69, 9.17) is 5.73 Å². The van der Waals surface area contributed by atoms with Crippen molar-refractivity contribution in [2.24, 2.45) is 5.73 Å². The van der Waals surface area contributed by atoms with Crippen LogP contribution in [0.15, 0.2) is 54.6 Å². The Morgan fingerprint density at radius 3 is 2.47 bits per heavy atom. The Bertz CT molecular complexity index is 609. The summed E-state index contributed by atoms with van der Waals surface area (Å²) in [6.07, 6.45) is 0. The predicted octanol–water partition coefficient (Wildman–Crippen LogP) is 2.41. The molecule has 0 spiro atoms. The van der Waals surface area contributed by atoms with Gasteiger partial charge >= 0.3 is 0 Å². The van der Waals surface area contributed by atoms with Crippen LogP contribution in [-0.4, -0.2) is 11.9 Å². The van der Waals surface area contributed by atoms with E-state index in [1.165, 1.54) is 0 Å². The molecule has 0 bridgehead atoms. The number of β-lactam (4-membered cyclic amide) rings is 1. The number of carbonyl (C=O) groups excluding carboxylic acids is 1. The van der Waals surface area contributed by atoms with Crippen LogP contribution in [0.5, 0.6) is 0 Å². The maximum atomic E-state index is 12.1. The first-order valence-electron chi connectivity index (χ1n) is 6.39. The second-order valence-electron chi connectivity index (χ2n) is 4.93. The average Bonchev–Trinajstić information content (AvgIpc) is 2.44. The molecule has 1 aliphatic heterocycles. The Kier molecular flexibility index (Phi) is 2.84. The molecule has 1 heterocycles. The van der Waals surface area contributed by atoms with E-state index in [1.54, 1.807) is 4.90 Å². The first kappa shape index (κ1) is 11.9. The molecule has 2 aromatic carbocycles. The summed E-state index contributed by atoms with van der Waals surface area (Å²) in [5, 5.41) is 0. The van der Waals surface area contributed by atoms with Crippen molar-refractivity contribution >= 4 is 11.6 Å². The third kappa shape index (κ3) is 1.92. The Labute approximate surface area is 112 Å². The van der Waals surface area contributed by atoms with Crippen molar-refractivity contribution in [1.82, 2.24) is 0 Å². The quantitative estimate of drug-likeness (QED) is 0.834. The van der Waals surface area contributed by atoms with Crippen molar-refractivity contribution in [2.45, 2.75) is 19.0 Å². The number of anilines is 1. The summed E-state index contributed by atoms with van der Waals surface area (Å²) in [6.45, 7) is 2.02. The number of carbonyl (C=O) groups is 1. The van der Waals surface area contributed by atoms with Crippen LogP contribution >= 0.6 is 0 Å². The van der Waals surface area contributed by atoms with Gasteiger partial charge in [-0.15, -0.1) is 0 Å². The van der Waals surface area contributed by atoms with Crippen molar-refractivity contribution in [3.8, 4) is 0 Å². The number of nitrogens with zero attached hydrogens (tertiary/aromatic N) is 1. The van der Waals surface area contributed by atoms with E-state index in [1.807, 2.05) is 61.5 Å². The largest absolute Gasteiger partial charge is 0.318 e. The van der Waals surface area contributed by atoms with Gasteiger partial charge in [-0.3, -0.25) is 4.79 Å². The molecule has 3 rings (SSSR count). The minimum Gasteiger partial charge on any atom is -0.318 e. The summed E-state index contributed by atoms with van der Waals surface area (Å²) in [4.78, 5) is 13.8. The van der Waals surface area contributed by atoms with Gasteiger partial charge in [0.1, 0.15) is 6.04 Å². The average molecular weight is 252 g/mol. The summed E-state index contributed by atoms with van der Waals surface area (Å²) in [5.41, 5.74) is 9.11. The molecule has 96 valence electrons. The number of nitrogens with two attached hydrogens (primary N) is 1. The maximum absolute atomic E-state index is 12.1. The molecule has 3 nitrogen and oxygen atoms in total. The molecule has 1 saturated heterocycles. The van der Waals surface area contributed by atoms with Crippen LogP contribution in [0.25, 0.3) is 0 Å². The smallest absolute Gasteiger partial charge is 0.247 e. The van der Waals surface area contributed by atoms with Gasteiger partial charge in [0, 0.05) is 5.69 Å². The van der Waals surface area contributed by atoms with Crippen LogP contribution < -0.4 is 10.6 Å². The number of benzene rings is 2. The topological polar surface area (TPSA) is 46.3 Å². The zero-order valence-electron chi connectivity index (χ0n) is 10.8. The van der Waals surface area contributed by atoms with Crippen LogP contribution in [0.1, 0.15) is 17.2 Å². The molecule has 3 heteroatoms. The van der Waals surface area contributed by atoms with E-state index in [2.05, 4.69) is 0 Å². The van der Waals surface area contributed by atoms with Gasteiger partial charge in [-0.2, -0.15) is 0 Å². The molecule has 1 aliphatic rings. The minimum absolute atomic E-state index is 0.0144. The van der Waals surface area contributed by atoms with Crippen LogP contribution in [0.3, 0.4) is 0 Å². The Balaban J connectivity index is 1.98. The third-order valence-corrected chi connectivity index (χ3v) is 3.56. The van der Waals surface area contributed by atoms with Crippen molar-refractivity contribution in [3.05, 3.63) is 65.7 Å². The summed E-state index contributed by atoms with van der Waals surface area (Å²) in [7, 11) is 0. The molecule has 0 radical (unpaired) electrons. The van der Waals surface area contributed by atoms with Gasteiger partial charge in [0.15, 0.2) is 0 Å². The number of hydrogen-bond acceptors (Lipinski definition) is 2. The minimum atomic E-state index is -0.442. The number of rotatable bonds is 2. The summed E-state index contributed by atoms with van der Waals surface area (Å²) in [5.74, 6) is -0.0144. The van der Waals surface area contributed by atoms with Crippen molar-refractivity contribution < 1.29 is 4.79 Å². The van der Waals surface area contributed by atoms with Crippen LogP contribution in [-0.2, 0) is 4.79 Å². The number of amides is 1. The van der Waals surface area contributed by atoms with Crippen molar-refractivity contribution in [2.75, 3.05) is 4.90 Å². The standard InChI is InChI=1S/C16H16N2O/c1-11-6-5-9-13(10-11)18-15(14(17)16(18)19)12-7-3-2-4-8-12/h2-10,14-15H,17H2,1H3. The normalized spacial score (nSPS) is 22.2. The van der Waals surface area contributed by atoms with Gasteiger partial charge in [0.2, 0.25) is 5.91 Å². The number of aryl methyl sites for hydroxylation is 1. The summed E-state index contributed by atoms with van der Waals surface area (Å²) >= 11 is 0. The zero-order valence-corrected chi connectivity index (χ0v) is 10.8. The molecule has 2 unspecified atom stereocenters. The molecule has 2 atom stereocenters. The van der Waals surface area contributed by atoms with E-state index >= 15 is 0 Å². The fourth-order valence-electron chi connectivity index (χ4n) is 2.58. The molecule has 0 saturated carbocycles. The first-order chi connectivity index (χ1) is 9.18. The molecular weight excluding hydrogens is 236 g/mol. The molecule has 1 fully saturated rings. The van der Waals surface area contributed by atoms with Crippen LogP contribution in [0.4, 0.5) is 5.69 Å². The van der Waals surface area contributed by atoms with E-state index in [0.29, 0.717) is 0 Å². The van der Waals surface area contributed by atoms with Gasteiger partial charge in [0.25, 0.3) is 0 Å². The molecule has 0 aliphatic carbocycles. The van der Waals surface area contributed by atoms with Crippen LogP contribution in [0, 0.1) is 6.92 Å². The Morgan fingerprint density at radius 1 is 1.05 bits per heavy atom. The zero-order chi connectivity index (χ0) is 13.4. The highest BCUT2D eigenvalue weighted by atomic mass is 16.2. The van der Waals surface area contributed by atoms with E-state index in [-0.39, 0.29) is 11.9 Å². The van der Waals surface area contributed by atoms with Crippen molar-refractivity contribution in [1.29, 1.82) is 0 Å². The van der Waals surface area contributed by atoms with Gasteiger partial charge in [-0.25, -0.2) is 0 Å². The van der Waals surface area contributed by atoms with Crippen LogP contribution in [0.2, 0.25) is 0 Å². The molecule has 1 amide bonds. The lowest BCUT2D eigenvalue weighted by molar-refractivity contribution is -0.126. The van der Waals surface area contributed by atoms with E-state index in [0.717, 1.165) is 16.8 Å². The predicted molar refractivity (Wildman–Crippen MR) is 75.8 cm³/mol. The fourth-order valence-corrected chi connectivity index (χ4v) is 2.58.